The average Bonchev–Trinajstić information content (AvgIpc) is 2.26. The van der Waals surface area contributed by atoms with E-state index in [2.05, 4.69) is 21.0 Å². The van der Waals surface area contributed by atoms with E-state index in [-0.39, 0.29) is 0 Å². The van der Waals surface area contributed by atoms with E-state index >= 15 is 0 Å². The predicted molar refractivity (Wildman–Crippen MR) is 47.6 cm³/mol. The van der Waals surface area contributed by atoms with Gasteiger partial charge in [-0.25, -0.2) is 4.79 Å². The minimum Gasteiger partial charge on any atom is -0.478 e. The molecule has 5 heteroatoms. The molecule has 64 valence electrons. The van der Waals surface area contributed by atoms with Crippen LogP contribution >= 0.6 is 15.9 Å². The molecule has 1 N–H and O–H groups in total. The van der Waals surface area contributed by atoms with E-state index in [9.17, 15) is 4.79 Å². The van der Waals surface area contributed by atoms with Gasteiger partial charge in [0.25, 0.3) is 0 Å². The third-order valence-electron chi connectivity index (χ3n) is 1.28. The van der Waals surface area contributed by atoms with Crippen LogP contribution in [0.25, 0.3) is 6.08 Å². The van der Waals surface area contributed by atoms with Crippen molar-refractivity contribution in [2.24, 2.45) is 7.05 Å². The van der Waals surface area contributed by atoms with E-state index < -0.39 is 5.97 Å². The zero-order valence-corrected chi connectivity index (χ0v) is 7.95. The van der Waals surface area contributed by atoms with Gasteiger partial charge in [0.2, 0.25) is 0 Å². The van der Waals surface area contributed by atoms with Gasteiger partial charge in [-0.1, -0.05) is 0 Å². The lowest BCUT2D eigenvalue weighted by atomic mass is 10.4. The fraction of sp³-hybridized carbons (Fsp3) is 0.143. The van der Waals surface area contributed by atoms with Crippen LogP contribution in [-0.2, 0) is 11.8 Å². The highest BCUT2D eigenvalue weighted by molar-refractivity contribution is 9.10. The second-order valence-corrected chi connectivity index (χ2v) is 3.00. The molecule has 0 aliphatic heterocycles. The fourth-order valence-electron chi connectivity index (χ4n) is 0.758. The quantitative estimate of drug-likeness (QED) is 0.780. The minimum atomic E-state index is -0.965. The summed E-state index contributed by atoms with van der Waals surface area (Å²) in [4.78, 5) is 10.2. The highest BCUT2D eigenvalue weighted by Gasteiger charge is 1.98. The third kappa shape index (κ3) is 2.20. The van der Waals surface area contributed by atoms with Crippen molar-refractivity contribution in [1.82, 2.24) is 9.78 Å². The number of carboxylic acid groups (broad SMARTS) is 1. The molecule has 0 spiro atoms. The Bertz CT molecular complexity index is 330. The molecule has 1 aromatic heterocycles. The maximum absolute atomic E-state index is 10.2. The molecule has 4 nitrogen and oxygen atoms in total. The number of aromatic nitrogens is 2. The Hall–Kier alpha value is -1.10. The van der Waals surface area contributed by atoms with Crippen LogP contribution in [0.3, 0.4) is 0 Å². The van der Waals surface area contributed by atoms with Gasteiger partial charge >= 0.3 is 5.97 Å². The van der Waals surface area contributed by atoms with Crippen LogP contribution in [-0.4, -0.2) is 20.9 Å². The van der Waals surface area contributed by atoms with Crippen molar-refractivity contribution >= 4 is 28.0 Å². The molecule has 0 aliphatic carbocycles. The smallest absolute Gasteiger partial charge is 0.328 e. The van der Waals surface area contributed by atoms with Gasteiger partial charge in [0.1, 0.15) is 4.60 Å². The number of aryl methyl sites for hydroxylation is 1. The number of hydrogen-bond acceptors (Lipinski definition) is 2. The van der Waals surface area contributed by atoms with Crippen LogP contribution in [0.15, 0.2) is 16.7 Å². The van der Waals surface area contributed by atoms with Crippen molar-refractivity contribution in [2.75, 3.05) is 0 Å². The number of carbonyl (C=O) groups is 1. The van der Waals surface area contributed by atoms with E-state index in [1.165, 1.54) is 6.08 Å². The lowest BCUT2D eigenvalue weighted by Gasteiger charge is -1.90. The summed E-state index contributed by atoms with van der Waals surface area (Å²) in [6.45, 7) is 0. The zero-order chi connectivity index (χ0) is 9.14. The maximum Gasteiger partial charge on any atom is 0.328 e. The lowest BCUT2D eigenvalue weighted by Crippen LogP contribution is -1.93. The molecule has 1 rings (SSSR count). The molecule has 0 radical (unpaired) electrons. The van der Waals surface area contributed by atoms with Crippen molar-refractivity contribution in [1.29, 1.82) is 0 Å². The fourth-order valence-corrected chi connectivity index (χ4v) is 1.23. The third-order valence-corrected chi connectivity index (χ3v) is 1.67. The number of aliphatic carboxylic acids is 1. The van der Waals surface area contributed by atoms with Crippen molar-refractivity contribution in [3.63, 3.8) is 0 Å². The van der Waals surface area contributed by atoms with Crippen LogP contribution in [0.4, 0.5) is 0 Å². The summed E-state index contributed by atoms with van der Waals surface area (Å²) >= 11 is 3.18. The summed E-state index contributed by atoms with van der Waals surface area (Å²) < 4.78 is 2.28. The first-order chi connectivity index (χ1) is 5.59. The second-order valence-electron chi connectivity index (χ2n) is 2.19. The topological polar surface area (TPSA) is 55.1 Å². The van der Waals surface area contributed by atoms with Crippen LogP contribution < -0.4 is 0 Å². The van der Waals surface area contributed by atoms with E-state index in [0.29, 0.717) is 4.60 Å². The molecule has 0 aliphatic rings. The molecule has 0 fully saturated rings. The van der Waals surface area contributed by atoms with Crippen LogP contribution in [0, 0.1) is 0 Å². The SMILES string of the molecule is Cn1nc(Br)cc1/C=C/C(=O)O. The van der Waals surface area contributed by atoms with Crippen LogP contribution in [0.1, 0.15) is 5.69 Å². The minimum absolute atomic E-state index is 0.690. The van der Waals surface area contributed by atoms with Crippen LogP contribution in [0.2, 0.25) is 0 Å². The first-order valence-corrected chi connectivity index (χ1v) is 3.99. The first kappa shape index (κ1) is 8.99. The standard InChI is InChI=1S/C7H7BrN2O2/c1-10-5(2-3-7(11)12)4-6(8)9-10/h2-4H,1H3,(H,11,12)/b3-2+. The molecule has 0 atom stereocenters. The van der Waals surface area contributed by atoms with Gasteiger partial charge < -0.3 is 5.11 Å². The van der Waals surface area contributed by atoms with Crippen molar-refractivity contribution in [3.05, 3.63) is 22.4 Å². The van der Waals surface area contributed by atoms with Gasteiger partial charge in [0, 0.05) is 13.1 Å². The number of nitrogens with zero attached hydrogens (tertiary/aromatic N) is 2. The Labute approximate surface area is 77.6 Å². The van der Waals surface area contributed by atoms with Gasteiger partial charge in [-0.15, -0.1) is 0 Å². The molecule has 12 heavy (non-hydrogen) atoms. The number of halogens is 1. The Kier molecular flexibility index (Phi) is 2.65. The highest BCUT2D eigenvalue weighted by atomic mass is 79.9. The summed E-state index contributed by atoms with van der Waals surface area (Å²) in [6.07, 6.45) is 2.56. The maximum atomic E-state index is 10.2. The normalized spacial score (nSPS) is 10.8. The van der Waals surface area contributed by atoms with Gasteiger partial charge in [-0.05, 0) is 28.1 Å². The molecule has 0 unspecified atom stereocenters. The number of carboxylic acids is 1. The summed E-state index contributed by atoms with van der Waals surface area (Å²) in [6, 6.07) is 1.74. The monoisotopic (exact) mass is 230 g/mol. The zero-order valence-electron chi connectivity index (χ0n) is 6.36. The van der Waals surface area contributed by atoms with Gasteiger partial charge in [0.15, 0.2) is 0 Å². The Morgan fingerprint density at radius 2 is 2.50 bits per heavy atom. The van der Waals surface area contributed by atoms with Crippen molar-refractivity contribution in [3.8, 4) is 0 Å². The molecule has 1 aromatic rings. The van der Waals surface area contributed by atoms with Crippen molar-refractivity contribution in [2.45, 2.75) is 0 Å². The summed E-state index contributed by atoms with van der Waals surface area (Å²) in [5.74, 6) is -0.965. The van der Waals surface area contributed by atoms with E-state index in [4.69, 9.17) is 5.11 Å². The average molecular weight is 231 g/mol. The number of rotatable bonds is 2. The van der Waals surface area contributed by atoms with Gasteiger partial charge in [-0.2, -0.15) is 5.10 Å². The molecule has 0 aromatic carbocycles. The van der Waals surface area contributed by atoms with Gasteiger partial charge in [-0.3, -0.25) is 4.68 Å². The molecule has 1 heterocycles. The Morgan fingerprint density at radius 1 is 1.83 bits per heavy atom. The summed E-state index contributed by atoms with van der Waals surface area (Å²) in [5.41, 5.74) is 0.740. The van der Waals surface area contributed by atoms with E-state index in [1.54, 1.807) is 17.8 Å². The Morgan fingerprint density at radius 3 is 2.92 bits per heavy atom. The van der Waals surface area contributed by atoms with Crippen LogP contribution in [0.5, 0.6) is 0 Å². The highest BCUT2D eigenvalue weighted by Crippen LogP contribution is 2.10. The summed E-state index contributed by atoms with van der Waals surface area (Å²) in [5, 5.41) is 12.3. The molecular weight excluding hydrogens is 224 g/mol. The second kappa shape index (κ2) is 3.53. The van der Waals surface area contributed by atoms with Gasteiger partial charge in [0.05, 0.1) is 5.69 Å². The largest absolute Gasteiger partial charge is 0.478 e. The molecule has 0 amide bonds. The predicted octanol–water partition coefficient (Wildman–Crippen LogP) is 1.28. The van der Waals surface area contributed by atoms with Crippen molar-refractivity contribution < 1.29 is 9.90 Å². The molecular formula is C7H7BrN2O2. The molecule has 0 bridgehead atoms. The van der Waals surface area contributed by atoms with E-state index in [1.807, 2.05) is 0 Å². The van der Waals surface area contributed by atoms with E-state index in [0.717, 1.165) is 11.8 Å². The lowest BCUT2D eigenvalue weighted by molar-refractivity contribution is -0.131. The Balaban J connectivity index is 2.89. The number of hydrogen-bond donors (Lipinski definition) is 1. The summed E-state index contributed by atoms with van der Waals surface area (Å²) in [7, 11) is 1.74. The first-order valence-electron chi connectivity index (χ1n) is 3.20. The molecule has 0 saturated heterocycles. The molecule has 0 saturated carbocycles.